The zero-order valence-corrected chi connectivity index (χ0v) is 18.5. The molecule has 34 heavy (non-hydrogen) atoms. The topological polar surface area (TPSA) is 73.5 Å². The number of hydrogen-bond donors (Lipinski definition) is 0. The Morgan fingerprint density at radius 1 is 1.00 bits per heavy atom. The maximum absolute atomic E-state index is 13.4. The van der Waals surface area contributed by atoms with Crippen molar-refractivity contribution in [1.29, 1.82) is 0 Å². The first-order valence-corrected chi connectivity index (χ1v) is 10.9. The van der Waals surface area contributed by atoms with Gasteiger partial charge in [0.1, 0.15) is 24.7 Å². The summed E-state index contributed by atoms with van der Waals surface area (Å²) in [4.78, 5) is 41.6. The van der Waals surface area contributed by atoms with Crippen molar-refractivity contribution in [2.24, 2.45) is 0 Å². The number of para-hydroxylation sites is 1. The number of fused-ring (bicyclic) bond motifs is 2. The van der Waals surface area contributed by atoms with E-state index in [-0.39, 0.29) is 19.0 Å². The van der Waals surface area contributed by atoms with Crippen molar-refractivity contribution < 1.29 is 13.9 Å². The van der Waals surface area contributed by atoms with Gasteiger partial charge in [0.2, 0.25) is 5.91 Å². The molecule has 5 rings (SSSR count). The largest absolute Gasteiger partial charge is 0.490 e. The molecule has 0 bridgehead atoms. The molecule has 172 valence electrons. The van der Waals surface area contributed by atoms with Gasteiger partial charge in [-0.2, -0.15) is 0 Å². The molecule has 0 radical (unpaired) electrons. The number of aryl methyl sites for hydroxylation is 1. The number of benzene rings is 3. The first kappa shape index (κ1) is 21.6. The molecule has 0 saturated carbocycles. The van der Waals surface area contributed by atoms with E-state index >= 15 is 0 Å². The van der Waals surface area contributed by atoms with Gasteiger partial charge in [-0.05, 0) is 54.4 Å². The van der Waals surface area contributed by atoms with E-state index in [1.807, 2.05) is 25.1 Å². The minimum Gasteiger partial charge on any atom is -0.490 e. The third-order valence-electron chi connectivity index (χ3n) is 5.96. The molecule has 1 aliphatic rings. The predicted molar refractivity (Wildman–Crippen MR) is 127 cm³/mol. The summed E-state index contributed by atoms with van der Waals surface area (Å²) in [5.41, 5.74) is 1.58. The van der Waals surface area contributed by atoms with Gasteiger partial charge in [-0.3, -0.25) is 18.7 Å². The van der Waals surface area contributed by atoms with E-state index in [0.29, 0.717) is 41.1 Å². The third-order valence-corrected chi connectivity index (χ3v) is 5.96. The number of nitrogens with zero attached hydrogens (tertiary/aromatic N) is 3. The molecule has 0 fully saturated rings. The Bertz CT molecular complexity index is 1520. The number of anilines is 1. The predicted octanol–water partition coefficient (Wildman–Crippen LogP) is 3.08. The van der Waals surface area contributed by atoms with E-state index in [1.54, 1.807) is 29.2 Å². The van der Waals surface area contributed by atoms with Crippen molar-refractivity contribution in [1.82, 2.24) is 9.13 Å². The maximum atomic E-state index is 13.4. The second-order valence-corrected chi connectivity index (χ2v) is 8.27. The van der Waals surface area contributed by atoms with Crippen LogP contribution in [0.5, 0.6) is 5.75 Å². The molecule has 1 aromatic heterocycles. The van der Waals surface area contributed by atoms with Crippen molar-refractivity contribution in [2.45, 2.75) is 20.0 Å². The van der Waals surface area contributed by atoms with E-state index in [9.17, 15) is 18.8 Å². The van der Waals surface area contributed by atoms with Gasteiger partial charge in [-0.1, -0.05) is 30.3 Å². The van der Waals surface area contributed by atoms with Crippen LogP contribution in [0.4, 0.5) is 10.1 Å². The van der Waals surface area contributed by atoms with Gasteiger partial charge in [0.25, 0.3) is 5.56 Å². The lowest BCUT2D eigenvalue weighted by Crippen LogP contribution is -2.45. The number of amides is 1. The number of rotatable bonds is 4. The quantitative estimate of drug-likeness (QED) is 0.470. The fourth-order valence-corrected chi connectivity index (χ4v) is 4.24. The Hall–Kier alpha value is -4.20. The van der Waals surface area contributed by atoms with Crippen molar-refractivity contribution in [2.75, 3.05) is 18.1 Å². The average Bonchev–Trinajstić information content (AvgIpc) is 2.85. The summed E-state index contributed by atoms with van der Waals surface area (Å²) >= 11 is 0. The van der Waals surface area contributed by atoms with E-state index < -0.39 is 17.1 Å². The highest BCUT2D eigenvalue weighted by molar-refractivity contribution is 5.96. The summed E-state index contributed by atoms with van der Waals surface area (Å²) in [6.45, 7) is 2.37. The van der Waals surface area contributed by atoms with Crippen LogP contribution in [0.1, 0.15) is 11.1 Å². The van der Waals surface area contributed by atoms with Crippen LogP contribution in [0.15, 0.2) is 76.3 Å². The number of hydrogen-bond acceptors (Lipinski definition) is 4. The molecule has 0 saturated heterocycles. The molecular formula is C26H22FN3O4. The van der Waals surface area contributed by atoms with E-state index in [4.69, 9.17) is 4.74 Å². The molecule has 0 spiro atoms. The zero-order chi connectivity index (χ0) is 23.8. The lowest BCUT2D eigenvalue weighted by molar-refractivity contribution is -0.119. The first-order chi connectivity index (χ1) is 16.4. The van der Waals surface area contributed by atoms with Crippen molar-refractivity contribution in [3.63, 3.8) is 0 Å². The summed E-state index contributed by atoms with van der Waals surface area (Å²) in [6, 6.07) is 18.0. The van der Waals surface area contributed by atoms with Crippen LogP contribution >= 0.6 is 0 Å². The number of aromatic nitrogens is 2. The van der Waals surface area contributed by atoms with Gasteiger partial charge in [-0.25, -0.2) is 9.18 Å². The normalized spacial score (nSPS) is 12.9. The molecule has 4 aromatic rings. The Morgan fingerprint density at radius 2 is 1.76 bits per heavy atom. The van der Waals surface area contributed by atoms with Crippen LogP contribution < -0.4 is 20.9 Å². The second-order valence-electron chi connectivity index (χ2n) is 8.27. The Morgan fingerprint density at radius 3 is 2.56 bits per heavy atom. The monoisotopic (exact) mass is 459 g/mol. The molecule has 0 unspecified atom stereocenters. The maximum Gasteiger partial charge on any atom is 0.332 e. The third kappa shape index (κ3) is 3.87. The van der Waals surface area contributed by atoms with Crippen LogP contribution in [-0.4, -0.2) is 28.2 Å². The molecule has 7 nitrogen and oxygen atoms in total. The summed E-state index contributed by atoms with van der Waals surface area (Å²) in [5.74, 6) is -0.0725. The van der Waals surface area contributed by atoms with Gasteiger partial charge in [0.15, 0.2) is 0 Å². The summed E-state index contributed by atoms with van der Waals surface area (Å²) < 4.78 is 21.4. The molecule has 0 aliphatic carbocycles. The minimum atomic E-state index is -0.598. The fourth-order valence-electron chi connectivity index (χ4n) is 4.24. The Balaban J connectivity index is 1.58. The van der Waals surface area contributed by atoms with Crippen LogP contribution in [0.2, 0.25) is 0 Å². The summed E-state index contributed by atoms with van der Waals surface area (Å²) in [5, 5.41) is 0.329. The van der Waals surface area contributed by atoms with Crippen molar-refractivity contribution >= 4 is 22.5 Å². The molecule has 0 atom stereocenters. The highest BCUT2D eigenvalue weighted by atomic mass is 19.1. The van der Waals surface area contributed by atoms with Gasteiger partial charge < -0.3 is 9.64 Å². The molecule has 1 aliphatic heterocycles. The van der Waals surface area contributed by atoms with Gasteiger partial charge in [-0.15, -0.1) is 0 Å². The molecule has 0 N–H and O–H groups in total. The Kier molecular flexibility index (Phi) is 5.49. The molecule has 8 heteroatoms. The summed E-state index contributed by atoms with van der Waals surface area (Å²) in [7, 11) is 0. The van der Waals surface area contributed by atoms with E-state index in [1.165, 1.54) is 28.8 Å². The molecule has 1 amide bonds. The van der Waals surface area contributed by atoms with Crippen LogP contribution in [0.25, 0.3) is 10.9 Å². The highest BCUT2D eigenvalue weighted by Crippen LogP contribution is 2.32. The van der Waals surface area contributed by atoms with E-state index in [0.717, 1.165) is 10.1 Å². The molecular weight excluding hydrogens is 437 g/mol. The SMILES string of the molecule is Cc1ccc2c(c1)N(C(=O)Cn1c(=O)n(Cc3ccc(F)cc3)c(=O)c3ccccc31)CCO2. The fraction of sp³-hybridized carbons (Fsp3) is 0.192. The first-order valence-electron chi connectivity index (χ1n) is 10.9. The van der Waals surface area contributed by atoms with Crippen molar-refractivity contribution in [3.05, 3.63) is 105 Å². The zero-order valence-electron chi connectivity index (χ0n) is 18.5. The van der Waals surface area contributed by atoms with Gasteiger partial charge >= 0.3 is 5.69 Å². The van der Waals surface area contributed by atoms with Gasteiger partial charge in [0.05, 0.1) is 29.7 Å². The Labute approximate surface area is 194 Å². The van der Waals surface area contributed by atoms with Crippen molar-refractivity contribution in [3.8, 4) is 5.75 Å². The number of carbonyl (C=O) groups is 1. The van der Waals surface area contributed by atoms with Crippen LogP contribution in [0, 0.1) is 12.7 Å². The smallest absolute Gasteiger partial charge is 0.332 e. The lowest BCUT2D eigenvalue weighted by atomic mass is 10.1. The number of carbonyl (C=O) groups excluding carboxylic acids is 1. The number of ether oxygens (including phenoxy) is 1. The second kappa shape index (κ2) is 8.62. The van der Waals surface area contributed by atoms with E-state index in [2.05, 4.69) is 0 Å². The van der Waals surface area contributed by atoms with Crippen LogP contribution in [-0.2, 0) is 17.9 Å². The molecule has 2 heterocycles. The lowest BCUT2D eigenvalue weighted by Gasteiger charge is -2.30. The van der Waals surface area contributed by atoms with Gasteiger partial charge in [0, 0.05) is 0 Å². The highest BCUT2D eigenvalue weighted by Gasteiger charge is 2.25. The standard InChI is InChI=1S/C26H22FN3O4/c1-17-6-11-23-22(14-17)28(12-13-34-23)24(31)16-29-21-5-3-2-4-20(21)25(32)30(26(29)33)15-18-7-9-19(27)10-8-18/h2-11,14H,12-13,15-16H2,1H3. The molecule has 3 aromatic carbocycles. The van der Waals surface area contributed by atoms with Crippen LogP contribution in [0.3, 0.4) is 0 Å². The number of halogens is 1. The summed E-state index contributed by atoms with van der Waals surface area (Å²) in [6.07, 6.45) is 0. The minimum absolute atomic E-state index is 0.0312. The average molecular weight is 459 g/mol.